The number of nitro groups is 1. The summed E-state index contributed by atoms with van der Waals surface area (Å²) in [6.45, 7) is 1.40. The summed E-state index contributed by atoms with van der Waals surface area (Å²) in [6, 6.07) is 3.76. The van der Waals surface area contributed by atoms with Gasteiger partial charge in [0.2, 0.25) is 0 Å². The van der Waals surface area contributed by atoms with Crippen molar-refractivity contribution in [1.82, 2.24) is 5.32 Å². The fourth-order valence-electron chi connectivity index (χ4n) is 1.47. The van der Waals surface area contributed by atoms with Gasteiger partial charge in [-0.2, -0.15) is 0 Å². The Morgan fingerprint density at radius 2 is 2.17 bits per heavy atom. The van der Waals surface area contributed by atoms with E-state index in [0.717, 1.165) is 19.0 Å². The number of nitrogens with one attached hydrogen (secondary N) is 2. The zero-order chi connectivity index (χ0) is 13.5. The van der Waals surface area contributed by atoms with E-state index in [1.165, 1.54) is 12.1 Å². The first-order valence-corrected chi connectivity index (χ1v) is 5.46. The third-order valence-corrected chi connectivity index (χ3v) is 2.36. The molecule has 0 saturated carbocycles. The van der Waals surface area contributed by atoms with Crippen molar-refractivity contribution in [2.45, 2.75) is 6.42 Å². The van der Waals surface area contributed by atoms with Gasteiger partial charge in [-0.15, -0.1) is 0 Å². The third kappa shape index (κ3) is 3.70. The van der Waals surface area contributed by atoms with Gasteiger partial charge in [0.1, 0.15) is 0 Å². The van der Waals surface area contributed by atoms with Crippen LogP contribution in [0.3, 0.4) is 0 Å². The molecule has 0 aliphatic carbocycles. The van der Waals surface area contributed by atoms with Gasteiger partial charge in [0.15, 0.2) is 0 Å². The molecule has 18 heavy (non-hydrogen) atoms. The molecule has 7 nitrogen and oxygen atoms in total. The van der Waals surface area contributed by atoms with Crippen molar-refractivity contribution < 1.29 is 14.8 Å². The second kappa shape index (κ2) is 6.55. The summed E-state index contributed by atoms with van der Waals surface area (Å²) in [7, 11) is 1.83. The van der Waals surface area contributed by atoms with Crippen molar-refractivity contribution in [1.29, 1.82) is 0 Å². The number of aromatic carboxylic acids is 1. The van der Waals surface area contributed by atoms with Crippen LogP contribution in [-0.4, -0.2) is 36.1 Å². The Morgan fingerprint density at radius 3 is 2.72 bits per heavy atom. The number of hydrogen-bond acceptors (Lipinski definition) is 5. The first-order valence-electron chi connectivity index (χ1n) is 5.46. The molecule has 3 N–H and O–H groups in total. The van der Waals surface area contributed by atoms with Gasteiger partial charge < -0.3 is 15.7 Å². The maximum atomic E-state index is 11.0. The Hall–Kier alpha value is -2.15. The molecule has 1 rings (SSSR count). The van der Waals surface area contributed by atoms with Crippen LogP contribution in [0.15, 0.2) is 18.2 Å². The van der Waals surface area contributed by atoms with E-state index in [2.05, 4.69) is 10.6 Å². The van der Waals surface area contributed by atoms with E-state index in [4.69, 9.17) is 5.11 Å². The van der Waals surface area contributed by atoms with Gasteiger partial charge >= 0.3 is 5.97 Å². The number of nitrogens with zero attached hydrogens (tertiary/aromatic N) is 1. The van der Waals surface area contributed by atoms with E-state index in [1.807, 2.05) is 7.05 Å². The van der Waals surface area contributed by atoms with Gasteiger partial charge in [-0.1, -0.05) is 0 Å². The maximum Gasteiger partial charge on any atom is 0.338 e. The van der Waals surface area contributed by atoms with Crippen molar-refractivity contribution in [3.8, 4) is 0 Å². The second-order valence-electron chi connectivity index (χ2n) is 3.68. The SMILES string of the molecule is CNCCCNc1ccc([N+](=O)[O-])cc1C(=O)O. The molecule has 0 bridgehead atoms. The molecule has 0 spiro atoms. The Bertz CT molecular complexity index is 448. The lowest BCUT2D eigenvalue weighted by molar-refractivity contribution is -0.384. The monoisotopic (exact) mass is 253 g/mol. The number of carboxylic acids is 1. The zero-order valence-electron chi connectivity index (χ0n) is 9.97. The quantitative estimate of drug-likeness (QED) is 0.384. The summed E-state index contributed by atoms with van der Waals surface area (Å²) in [5, 5.41) is 25.5. The molecule has 0 amide bonds. The molecule has 7 heteroatoms. The van der Waals surface area contributed by atoms with Crippen molar-refractivity contribution in [2.75, 3.05) is 25.5 Å². The topological polar surface area (TPSA) is 105 Å². The zero-order valence-corrected chi connectivity index (χ0v) is 9.97. The maximum absolute atomic E-state index is 11.0. The molecule has 0 heterocycles. The number of non-ortho nitro benzene ring substituents is 1. The standard InChI is InChI=1S/C11H15N3O4/c1-12-5-2-6-13-10-4-3-8(14(17)18)7-9(10)11(15)16/h3-4,7,12-13H,2,5-6H2,1H3,(H,15,16). The minimum atomic E-state index is -1.19. The number of hydrogen-bond donors (Lipinski definition) is 3. The van der Waals surface area contributed by atoms with Crippen LogP contribution >= 0.6 is 0 Å². The number of benzene rings is 1. The molecule has 0 atom stereocenters. The number of rotatable bonds is 7. The molecule has 0 aliphatic heterocycles. The highest BCUT2D eigenvalue weighted by Gasteiger charge is 2.15. The molecule has 0 fully saturated rings. The number of anilines is 1. The molecule has 0 aliphatic rings. The molecule has 0 aromatic heterocycles. The molecule has 1 aromatic carbocycles. The fourth-order valence-corrected chi connectivity index (χ4v) is 1.47. The van der Waals surface area contributed by atoms with Crippen LogP contribution in [-0.2, 0) is 0 Å². The highest BCUT2D eigenvalue weighted by atomic mass is 16.6. The highest BCUT2D eigenvalue weighted by Crippen LogP contribution is 2.22. The van der Waals surface area contributed by atoms with Crippen molar-refractivity contribution in [2.24, 2.45) is 0 Å². The Kier molecular flexibility index (Phi) is 5.06. The van der Waals surface area contributed by atoms with Gasteiger partial charge in [-0.3, -0.25) is 10.1 Å². The first-order chi connectivity index (χ1) is 8.56. The van der Waals surface area contributed by atoms with Crippen LogP contribution in [0.2, 0.25) is 0 Å². The largest absolute Gasteiger partial charge is 0.478 e. The van der Waals surface area contributed by atoms with Gasteiger partial charge in [0.25, 0.3) is 5.69 Å². The van der Waals surface area contributed by atoms with E-state index in [0.29, 0.717) is 12.2 Å². The normalized spacial score (nSPS) is 10.1. The van der Waals surface area contributed by atoms with Gasteiger partial charge in [-0.25, -0.2) is 4.79 Å². The van der Waals surface area contributed by atoms with Gasteiger partial charge in [0, 0.05) is 24.4 Å². The number of carbonyl (C=O) groups is 1. The fraction of sp³-hybridized carbons (Fsp3) is 0.364. The number of carboxylic acid groups (broad SMARTS) is 1. The predicted octanol–water partition coefficient (Wildman–Crippen LogP) is 1.31. The van der Waals surface area contributed by atoms with Crippen LogP contribution in [0.4, 0.5) is 11.4 Å². The highest BCUT2D eigenvalue weighted by molar-refractivity contribution is 5.95. The first kappa shape index (κ1) is 13.9. The minimum Gasteiger partial charge on any atom is -0.478 e. The summed E-state index contributed by atoms with van der Waals surface area (Å²) in [6.07, 6.45) is 0.826. The molecular weight excluding hydrogens is 238 g/mol. The van der Waals surface area contributed by atoms with E-state index in [9.17, 15) is 14.9 Å². The van der Waals surface area contributed by atoms with Crippen LogP contribution in [0, 0.1) is 10.1 Å². The Labute approximate surface area is 104 Å². The lowest BCUT2D eigenvalue weighted by Crippen LogP contribution is -2.14. The average molecular weight is 253 g/mol. The molecule has 0 radical (unpaired) electrons. The van der Waals surface area contributed by atoms with E-state index in [1.54, 1.807) is 0 Å². The van der Waals surface area contributed by atoms with Gasteiger partial charge in [0.05, 0.1) is 10.5 Å². The minimum absolute atomic E-state index is 0.0892. The smallest absolute Gasteiger partial charge is 0.338 e. The summed E-state index contributed by atoms with van der Waals surface area (Å²) >= 11 is 0. The molecule has 0 unspecified atom stereocenters. The van der Waals surface area contributed by atoms with Crippen LogP contribution in [0.1, 0.15) is 16.8 Å². The van der Waals surface area contributed by atoms with Crippen LogP contribution < -0.4 is 10.6 Å². The molecule has 0 saturated heterocycles. The van der Waals surface area contributed by atoms with E-state index < -0.39 is 10.9 Å². The molecule has 1 aromatic rings. The van der Waals surface area contributed by atoms with Crippen molar-refractivity contribution in [3.05, 3.63) is 33.9 Å². The summed E-state index contributed by atoms with van der Waals surface area (Å²) in [4.78, 5) is 21.0. The predicted molar refractivity (Wildman–Crippen MR) is 67.1 cm³/mol. The van der Waals surface area contributed by atoms with Crippen LogP contribution in [0.5, 0.6) is 0 Å². The van der Waals surface area contributed by atoms with Crippen molar-refractivity contribution >= 4 is 17.3 Å². The Balaban J connectivity index is 2.83. The summed E-state index contributed by atoms with van der Waals surface area (Å²) in [5.74, 6) is -1.19. The average Bonchev–Trinajstić information content (AvgIpc) is 2.34. The second-order valence-corrected chi connectivity index (χ2v) is 3.68. The molecular formula is C11H15N3O4. The van der Waals surface area contributed by atoms with E-state index >= 15 is 0 Å². The lowest BCUT2D eigenvalue weighted by Gasteiger charge is -2.09. The summed E-state index contributed by atoms with van der Waals surface area (Å²) in [5.41, 5.74) is 0.0750. The summed E-state index contributed by atoms with van der Waals surface area (Å²) < 4.78 is 0. The van der Waals surface area contributed by atoms with Gasteiger partial charge in [-0.05, 0) is 26.1 Å². The van der Waals surface area contributed by atoms with E-state index in [-0.39, 0.29) is 11.3 Å². The lowest BCUT2D eigenvalue weighted by atomic mass is 10.1. The van der Waals surface area contributed by atoms with Crippen molar-refractivity contribution in [3.63, 3.8) is 0 Å². The molecule has 98 valence electrons. The Morgan fingerprint density at radius 1 is 1.44 bits per heavy atom. The third-order valence-electron chi connectivity index (χ3n) is 2.36. The van der Waals surface area contributed by atoms with Crippen LogP contribution in [0.25, 0.3) is 0 Å². The number of nitro benzene ring substituents is 1.